The van der Waals surface area contributed by atoms with Crippen molar-refractivity contribution < 1.29 is 18.3 Å². The van der Waals surface area contributed by atoms with Gasteiger partial charge in [0.1, 0.15) is 0 Å². The fourth-order valence-electron chi connectivity index (χ4n) is 1.58. The van der Waals surface area contributed by atoms with E-state index in [9.17, 15) is 18.4 Å². The highest BCUT2D eigenvalue weighted by molar-refractivity contribution is 5.73. The third-order valence-corrected chi connectivity index (χ3v) is 2.22. The van der Waals surface area contributed by atoms with Crippen molar-refractivity contribution in [2.24, 2.45) is 0 Å². The summed E-state index contributed by atoms with van der Waals surface area (Å²) < 4.78 is 30.2. The van der Waals surface area contributed by atoms with E-state index in [4.69, 9.17) is 0 Å². The predicted octanol–water partition coefficient (Wildman–Crippen LogP) is 1.73. The van der Waals surface area contributed by atoms with Crippen molar-refractivity contribution in [1.82, 2.24) is 4.98 Å². The van der Waals surface area contributed by atoms with Crippen LogP contribution in [0.2, 0.25) is 0 Å². The van der Waals surface area contributed by atoms with Gasteiger partial charge < -0.3 is 9.72 Å². The second kappa shape index (κ2) is 5.56. The molecule has 0 atom stereocenters. The van der Waals surface area contributed by atoms with Gasteiger partial charge in [-0.1, -0.05) is 0 Å². The monoisotopic (exact) mass is 245 g/mol. The number of halogens is 2. The number of aromatic amines is 1. The van der Waals surface area contributed by atoms with Gasteiger partial charge in [-0.15, -0.1) is 0 Å². The molecule has 0 aliphatic carbocycles. The number of H-pyrrole nitrogens is 1. The number of carbonyl (C=O) groups excluding carboxylic acids is 1. The van der Waals surface area contributed by atoms with Crippen LogP contribution < -0.4 is 5.56 Å². The van der Waals surface area contributed by atoms with Crippen molar-refractivity contribution >= 4 is 5.97 Å². The second-order valence-electron chi connectivity index (χ2n) is 3.48. The van der Waals surface area contributed by atoms with E-state index in [0.29, 0.717) is 0 Å². The van der Waals surface area contributed by atoms with Crippen LogP contribution >= 0.6 is 0 Å². The van der Waals surface area contributed by atoms with E-state index in [1.807, 2.05) is 0 Å². The summed E-state index contributed by atoms with van der Waals surface area (Å²) in [6.45, 7) is 3.16. The van der Waals surface area contributed by atoms with Gasteiger partial charge >= 0.3 is 5.97 Å². The molecule has 0 amide bonds. The first kappa shape index (κ1) is 13.3. The van der Waals surface area contributed by atoms with Gasteiger partial charge in [-0.2, -0.15) is 0 Å². The van der Waals surface area contributed by atoms with Gasteiger partial charge in [0.25, 0.3) is 6.43 Å². The summed E-state index contributed by atoms with van der Waals surface area (Å²) in [5.74, 6) is -0.626. The van der Waals surface area contributed by atoms with E-state index >= 15 is 0 Å². The Labute approximate surface area is 96.6 Å². The molecule has 1 rings (SSSR count). The van der Waals surface area contributed by atoms with E-state index in [0.717, 1.165) is 6.07 Å². The maximum atomic E-state index is 12.8. The first-order valence-corrected chi connectivity index (χ1v) is 5.12. The molecule has 0 saturated heterocycles. The van der Waals surface area contributed by atoms with Crippen molar-refractivity contribution in [2.75, 3.05) is 6.61 Å². The zero-order valence-corrected chi connectivity index (χ0v) is 9.55. The first-order valence-electron chi connectivity index (χ1n) is 5.12. The molecule has 0 aliphatic heterocycles. The number of carbonyl (C=O) groups is 1. The van der Waals surface area contributed by atoms with Crippen LogP contribution in [0.3, 0.4) is 0 Å². The maximum absolute atomic E-state index is 12.8. The number of hydrogen-bond acceptors (Lipinski definition) is 3. The van der Waals surface area contributed by atoms with Crippen LogP contribution in [-0.4, -0.2) is 17.6 Å². The third-order valence-electron chi connectivity index (χ3n) is 2.22. The van der Waals surface area contributed by atoms with Crippen molar-refractivity contribution in [1.29, 1.82) is 0 Å². The van der Waals surface area contributed by atoms with Gasteiger partial charge in [0.2, 0.25) is 5.56 Å². The minimum Gasteiger partial charge on any atom is -0.466 e. The van der Waals surface area contributed by atoms with Crippen molar-refractivity contribution in [3.63, 3.8) is 0 Å². The molecule has 17 heavy (non-hydrogen) atoms. The Morgan fingerprint density at radius 2 is 2.18 bits per heavy atom. The number of nitrogens with one attached hydrogen (secondary N) is 1. The molecular weight excluding hydrogens is 232 g/mol. The molecule has 94 valence electrons. The third kappa shape index (κ3) is 3.37. The van der Waals surface area contributed by atoms with Crippen molar-refractivity contribution in [3.8, 4) is 0 Å². The maximum Gasteiger partial charge on any atom is 0.310 e. The lowest BCUT2D eigenvalue weighted by Gasteiger charge is -2.10. The van der Waals surface area contributed by atoms with Crippen LogP contribution in [0.4, 0.5) is 8.78 Å². The Hall–Kier alpha value is -1.72. The molecule has 0 radical (unpaired) electrons. The normalized spacial score (nSPS) is 10.6. The lowest BCUT2D eigenvalue weighted by Crippen LogP contribution is -2.16. The highest BCUT2D eigenvalue weighted by Crippen LogP contribution is 2.24. The predicted molar refractivity (Wildman–Crippen MR) is 57.1 cm³/mol. The standard InChI is InChI=1S/C11H13F2NO3/c1-3-17-9(16)5-7-4-8(15)14-6(2)10(7)11(12)13/h4,11H,3,5H2,1-2H3,(H,14,15). The zero-order chi connectivity index (χ0) is 13.0. The number of ether oxygens (including phenoxy) is 1. The molecule has 0 bridgehead atoms. The van der Waals surface area contributed by atoms with E-state index in [1.165, 1.54) is 6.92 Å². The van der Waals surface area contributed by atoms with Crippen LogP contribution in [0.1, 0.15) is 30.2 Å². The molecule has 6 heteroatoms. The topological polar surface area (TPSA) is 59.2 Å². The Kier molecular flexibility index (Phi) is 4.37. The quantitative estimate of drug-likeness (QED) is 0.822. The second-order valence-corrected chi connectivity index (χ2v) is 3.48. The smallest absolute Gasteiger partial charge is 0.310 e. The first-order chi connectivity index (χ1) is 7.95. The lowest BCUT2D eigenvalue weighted by atomic mass is 10.0. The number of hydrogen-bond donors (Lipinski definition) is 1. The molecule has 4 nitrogen and oxygen atoms in total. The van der Waals surface area contributed by atoms with Crippen LogP contribution in [0.15, 0.2) is 10.9 Å². The van der Waals surface area contributed by atoms with Gasteiger partial charge in [0.05, 0.1) is 13.0 Å². The van der Waals surface area contributed by atoms with E-state index < -0.39 is 18.0 Å². The highest BCUT2D eigenvalue weighted by atomic mass is 19.3. The van der Waals surface area contributed by atoms with Gasteiger partial charge in [0, 0.05) is 17.3 Å². The Morgan fingerprint density at radius 3 is 2.71 bits per heavy atom. The number of alkyl halides is 2. The summed E-state index contributed by atoms with van der Waals surface area (Å²) in [6.07, 6.45) is -3.06. The van der Waals surface area contributed by atoms with Crippen LogP contribution in [-0.2, 0) is 16.0 Å². The average molecular weight is 245 g/mol. The van der Waals surface area contributed by atoms with E-state index in [1.54, 1.807) is 6.92 Å². The summed E-state index contributed by atoms with van der Waals surface area (Å²) in [6, 6.07) is 1.01. The molecule has 1 N–H and O–H groups in total. The average Bonchev–Trinajstić information content (AvgIpc) is 2.15. The molecular formula is C11H13F2NO3. The van der Waals surface area contributed by atoms with E-state index in [2.05, 4.69) is 9.72 Å². The minimum atomic E-state index is -2.74. The molecule has 0 spiro atoms. The molecule has 0 aromatic carbocycles. The number of aromatic nitrogens is 1. The highest BCUT2D eigenvalue weighted by Gasteiger charge is 2.19. The van der Waals surface area contributed by atoms with Crippen molar-refractivity contribution in [2.45, 2.75) is 26.7 Å². The van der Waals surface area contributed by atoms with Crippen LogP contribution in [0.5, 0.6) is 0 Å². The summed E-state index contributed by atoms with van der Waals surface area (Å²) in [5.41, 5.74) is -0.727. The summed E-state index contributed by atoms with van der Waals surface area (Å²) >= 11 is 0. The largest absolute Gasteiger partial charge is 0.466 e. The van der Waals surface area contributed by atoms with Gasteiger partial charge in [-0.3, -0.25) is 9.59 Å². The molecule has 0 saturated carbocycles. The molecule has 1 aromatic heterocycles. The lowest BCUT2D eigenvalue weighted by molar-refractivity contribution is -0.142. The molecule has 0 fully saturated rings. The van der Waals surface area contributed by atoms with Crippen LogP contribution in [0, 0.1) is 6.92 Å². The molecule has 0 unspecified atom stereocenters. The van der Waals surface area contributed by atoms with Crippen molar-refractivity contribution in [3.05, 3.63) is 33.2 Å². The van der Waals surface area contributed by atoms with Crippen LogP contribution in [0.25, 0.3) is 0 Å². The fourth-order valence-corrected chi connectivity index (χ4v) is 1.58. The molecule has 1 heterocycles. The summed E-state index contributed by atoms with van der Waals surface area (Å²) in [7, 11) is 0. The molecule has 1 aromatic rings. The van der Waals surface area contributed by atoms with Gasteiger partial charge in [0.15, 0.2) is 0 Å². The van der Waals surface area contributed by atoms with E-state index in [-0.39, 0.29) is 29.8 Å². The SMILES string of the molecule is CCOC(=O)Cc1cc(=O)[nH]c(C)c1C(F)F. The summed E-state index contributed by atoms with van der Waals surface area (Å²) in [5, 5.41) is 0. The number of aryl methyl sites for hydroxylation is 1. The fraction of sp³-hybridized carbons (Fsp3) is 0.455. The summed E-state index contributed by atoms with van der Waals surface area (Å²) in [4.78, 5) is 24.7. The van der Waals surface area contributed by atoms with Gasteiger partial charge in [-0.25, -0.2) is 8.78 Å². The van der Waals surface area contributed by atoms with Gasteiger partial charge in [-0.05, 0) is 19.4 Å². The Balaban J connectivity index is 3.12. The number of pyridine rings is 1. The Morgan fingerprint density at radius 1 is 1.53 bits per heavy atom. The minimum absolute atomic E-state index is 0.0136. The number of rotatable bonds is 4. The number of esters is 1. The Bertz CT molecular complexity index is 468. The zero-order valence-electron chi connectivity index (χ0n) is 9.55. The molecule has 0 aliphatic rings.